The second-order valence-corrected chi connectivity index (χ2v) is 4.75. The number of pyridine rings is 1. The molecule has 1 aromatic heterocycles. The summed E-state index contributed by atoms with van der Waals surface area (Å²) in [4.78, 5) is 9.33. The van der Waals surface area contributed by atoms with Crippen LogP contribution in [0.3, 0.4) is 0 Å². The summed E-state index contributed by atoms with van der Waals surface area (Å²) in [6, 6.07) is 12.2. The van der Waals surface area contributed by atoms with E-state index in [-0.39, 0.29) is 0 Å². The highest BCUT2D eigenvalue weighted by Gasteiger charge is 1.98. The van der Waals surface area contributed by atoms with Crippen molar-refractivity contribution in [1.82, 2.24) is 4.98 Å². The van der Waals surface area contributed by atoms with Gasteiger partial charge in [0.1, 0.15) is 5.03 Å². The van der Waals surface area contributed by atoms with Crippen LogP contribution in [0, 0.1) is 6.92 Å². The van der Waals surface area contributed by atoms with E-state index in [1.54, 1.807) is 18.0 Å². The van der Waals surface area contributed by atoms with Crippen LogP contribution in [0.4, 0.5) is 5.69 Å². The van der Waals surface area contributed by atoms with Crippen molar-refractivity contribution in [2.45, 2.75) is 16.8 Å². The Balaban J connectivity index is 2.13. The van der Waals surface area contributed by atoms with Crippen molar-refractivity contribution in [2.24, 2.45) is 4.99 Å². The normalized spacial score (nSPS) is 9.71. The Hall–Kier alpha value is -1.48. The van der Waals surface area contributed by atoms with Gasteiger partial charge >= 0.3 is 0 Å². The van der Waals surface area contributed by atoms with Crippen molar-refractivity contribution in [3.05, 3.63) is 48.2 Å². The fourth-order valence-corrected chi connectivity index (χ4v) is 2.14. The second kappa shape index (κ2) is 5.73. The van der Waals surface area contributed by atoms with Crippen molar-refractivity contribution in [1.29, 1.82) is 0 Å². The second-order valence-electron chi connectivity index (χ2n) is 3.47. The van der Waals surface area contributed by atoms with Crippen molar-refractivity contribution < 1.29 is 0 Å². The average molecular weight is 258 g/mol. The fourth-order valence-electron chi connectivity index (χ4n) is 1.28. The first-order chi connectivity index (χ1) is 8.28. The van der Waals surface area contributed by atoms with Gasteiger partial charge in [-0.25, -0.2) is 4.98 Å². The zero-order valence-electron chi connectivity index (χ0n) is 9.25. The third kappa shape index (κ3) is 3.49. The Morgan fingerprint density at radius 2 is 1.94 bits per heavy atom. The molecular formula is C13H10N2S2. The maximum atomic E-state index is 4.53. The van der Waals surface area contributed by atoms with Gasteiger partial charge in [0.2, 0.25) is 0 Å². The van der Waals surface area contributed by atoms with Gasteiger partial charge < -0.3 is 0 Å². The molecule has 0 aliphatic carbocycles. The molecule has 0 aliphatic heterocycles. The number of aryl methyl sites for hydroxylation is 1. The number of nitrogens with zero attached hydrogens (tertiary/aromatic N) is 2. The number of rotatable bonds is 3. The van der Waals surface area contributed by atoms with E-state index in [4.69, 9.17) is 0 Å². The lowest BCUT2D eigenvalue weighted by Crippen LogP contribution is -1.79. The molecule has 2 rings (SSSR count). The van der Waals surface area contributed by atoms with Gasteiger partial charge in [-0.3, -0.25) is 0 Å². The molecule has 84 valence electrons. The van der Waals surface area contributed by atoms with Gasteiger partial charge in [-0.2, -0.15) is 4.99 Å². The lowest BCUT2D eigenvalue weighted by Gasteiger charge is -2.01. The number of thiocarbonyl (C=S) groups is 1. The maximum absolute atomic E-state index is 4.53. The molecule has 1 heterocycles. The molecule has 2 nitrogen and oxygen atoms in total. The van der Waals surface area contributed by atoms with Crippen molar-refractivity contribution in [3.8, 4) is 0 Å². The van der Waals surface area contributed by atoms with E-state index in [9.17, 15) is 0 Å². The van der Waals surface area contributed by atoms with Crippen LogP contribution >= 0.6 is 24.0 Å². The molecule has 0 N–H and O–H groups in total. The maximum Gasteiger partial charge on any atom is 0.101 e. The predicted octanol–water partition coefficient (Wildman–Crippen LogP) is 4.28. The number of isothiocyanates is 1. The van der Waals surface area contributed by atoms with E-state index in [1.165, 1.54) is 10.5 Å². The van der Waals surface area contributed by atoms with Crippen LogP contribution in [0.1, 0.15) is 5.56 Å². The van der Waals surface area contributed by atoms with Crippen LogP contribution in [0.5, 0.6) is 0 Å². The molecule has 0 saturated carbocycles. The molecule has 0 saturated heterocycles. The minimum Gasteiger partial charge on any atom is -0.247 e. The molecular weight excluding hydrogens is 248 g/mol. The quantitative estimate of drug-likeness (QED) is 0.607. The summed E-state index contributed by atoms with van der Waals surface area (Å²) in [5, 5.41) is 3.26. The van der Waals surface area contributed by atoms with Crippen molar-refractivity contribution in [2.75, 3.05) is 0 Å². The molecule has 0 fully saturated rings. The van der Waals surface area contributed by atoms with Crippen LogP contribution in [0.2, 0.25) is 0 Å². The predicted molar refractivity (Wildman–Crippen MR) is 74.2 cm³/mol. The summed E-state index contributed by atoms with van der Waals surface area (Å²) in [5.74, 6) is 0. The van der Waals surface area contributed by atoms with Gasteiger partial charge in [0.05, 0.1) is 17.0 Å². The van der Waals surface area contributed by atoms with E-state index in [1.807, 2.05) is 12.1 Å². The SMILES string of the molecule is Cc1ccc(Sc2ccc(N=C=S)cn2)cc1. The number of benzene rings is 1. The first kappa shape index (κ1) is 12.0. The highest BCUT2D eigenvalue weighted by atomic mass is 32.2. The topological polar surface area (TPSA) is 25.2 Å². The molecule has 2 aromatic rings. The monoisotopic (exact) mass is 258 g/mol. The largest absolute Gasteiger partial charge is 0.247 e. The fraction of sp³-hybridized carbons (Fsp3) is 0.0769. The lowest BCUT2D eigenvalue weighted by molar-refractivity contribution is 1.13. The van der Waals surface area contributed by atoms with E-state index >= 15 is 0 Å². The Bertz CT molecular complexity index is 541. The summed E-state index contributed by atoms with van der Waals surface area (Å²) < 4.78 is 0. The molecule has 17 heavy (non-hydrogen) atoms. The van der Waals surface area contributed by atoms with Gasteiger partial charge in [-0.05, 0) is 43.4 Å². The van der Waals surface area contributed by atoms with Crippen LogP contribution in [-0.4, -0.2) is 10.1 Å². The van der Waals surface area contributed by atoms with Crippen LogP contribution in [-0.2, 0) is 0 Å². The van der Waals surface area contributed by atoms with Gasteiger partial charge in [-0.1, -0.05) is 29.5 Å². The molecule has 0 amide bonds. The highest BCUT2D eigenvalue weighted by Crippen LogP contribution is 2.26. The summed E-state index contributed by atoms with van der Waals surface area (Å²) in [7, 11) is 0. The molecule has 0 aliphatic rings. The molecule has 1 aromatic carbocycles. The van der Waals surface area contributed by atoms with E-state index < -0.39 is 0 Å². The van der Waals surface area contributed by atoms with Crippen LogP contribution in [0.15, 0.2) is 57.5 Å². The van der Waals surface area contributed by atoms with E-state index in [0.717, 1.165) is 10.7 Å². The van der Waals surface area contributed by atoms with Crippen molar-refractivity contribution >= 4 is 34.8 Å². The Labute approximate surface area is 110 Å². The average Bonchev–Trinajstić information content (AvgIpc) is 2.35. The van der Waals surface area contributed by atoms with E-state index in [2.05, 4.69) is 58.5 Å². The minimum absolute atomic E-state index is 0.730. The summed E-state index contributed by atoms with van der Waals surface area (Å²) in [6.45, 7) is 2.07. The third-order valence-electron chi connectivity index (χ3n) is 2.14. The van der Waals surface area contributed by atoms with Gasteiger partial charge in [0.25, 0.3) is 0 Å². The highest BCUT2D eigenvalue weighted by molar-refractivity contribution is 7.99. The molecule has 0 unspecified atom stereocenters. The van der Waals surface area contributed by atoms with E-state index in [0.29, 0.717) is 0 Å². The lowest BCUT2D eigenvalue weighted by atomic mass is 10.2. The Morgan fingerprint density at radius 1 is 1.18 bits per heavy atom. The van der Waals surface area contributed by atoms with Crippen LogP contribution < -0.4 is 0 Å². The van der Waals surface area contributed by atoms with Gasteiger partial charge in [0, 0.05) is 4.90 Å². The molecule has 4 heteroatoms. The summed E-state index contributed by atoms with van der Waals surface area (Å²) >= 11 is 6.16. The Morgan fingerprint density at radius 3 is 2.53 bits per heavy atom. The van der Waals surface area contributed by atoms with Gasteiger partial charge in [-0.15, -0.1) is 0 Å². The number of hydrogen-bond acceptors (Lipinski definition) is 4. The molecule has 0 bridgehead atoms. The standard InChI is InChI=1S/C13H10N2S2/c1-10-2-5-12(6-3-10)17-13-7-4-11(8-14-13)15-9-16/h2-8H,1H3. The molecule has 0 atom stereocenters. The number of hydrogen-bond donors (Lipinski definition) is 0. The molecule has 0 spiro atoms. The summed E-state index contributed by atoms with van der Waals surface area (Å²) in [6.07, 6.45) is 1.69. The van der Waals surface area contributed by atoms with Crippen molar-refractivity contribution in [3.63, 3.8) is 0 Å². The number of aromatic nitrogens is 1. The molecule has 0 radical (unpaired) electrons. The zero-order chi connectivity index (χ0) is 12.1. The van der Waals surface area contributed by atoms with Gasteiger partial charge in [0.15, 0.2) is 0 Å². The zero-order valence-corrected chi connectivity index (χ0v) is 10.9. The Kier molecular flexibility index (Phi) is 4.04. The third-order valence-corrected chi connectivity index (χ3v) is 3.19. The van der Waals surface area contributed by atoms with Crippen LogP contribution in [0.25, 0.3) is 0 Å². The smallest absolute Gasteiger partial charge is 0.101 e. The first-order valence-corrected chi connectivity index (χ1v) is 6.29. The summed E-state index contributed by atoms with van der Waals surface area (Å²) in [5.41, 5.74) is 1.99. The first-order valence-electron chi connectivity index (χ1n) is 5.06. The minimum atomic E-state index is 0.730. The number of aliphatic imine (C=N–C) groups is 1.